The predicted molar refractivity (Wildman–Crippen MR) is 92.9 cm³/mol. The van der Waals surface area contributed by atoms with E-state index in [1.165, 1.54) is 11.3 Å². The fraction of sp³-hybridized carbons (Fsp3) is 0.267. The third-order valence-electron chi connectivity index (χ3n) is 2.99. The summed E-state index contributed by atoms with van der Waals surface area (Å²) in [4.78, 5) is 14.3. The van der Waals surface area contributed by atoms with E-state index in [2.05, 4.69) is 31.9 Å². The molecule has 0 fully saturated rings. The van der Waals surface area contributed by atoms with Crippen LogP contribution >= 0.6 is 43.2 Å². The number of aliphatic hydroxyl groups excluding tert-OH is 1. The maximum atomic E-state index is 12.4. The van der Waals surface area contributed by atoms with Gasteiger partial charge < -0.3 is 5.11 Å². The number of halogens is 2. The number of carbonyl (C=O) groups is 1. The second kappa shape index (κ2) is 8.19. The molecule has 0 aliphatic heterocycles. The number of hydrogen-bond acceptors (Lipinski definition) is 4. The van der Waals surface area contributed by atoms with Crippen LogP contribution in [0.25, 0.3) is 0 Å². The van der Waals surface area contributed by atoms with E-state index in [9.17, 15) is 9.90 Å². The zero-order valence-electron chi connectivity index (χ0n) is 11.3. The molecule has 3 nitrogen and oxygen atoms in total. The third-order valence-corrected chi connectivity index (χ3v) is 5.33. The van der Waals surface area contributed by atoms with E-state index in [1.54, 1.807) is 0 Å². The van der Waals surface area contributed by atoms with Gasteiger partial charge in [0.15, 0.2) is 5.78 Å². The lowest BCUT2D eigenvalue weighted by atomic mass is 10.1. The average molecular weight is 433 g/mol. The summed E-state index contributed by atoms with van der Waals surface area (Å²) in [5.74, 6) is 0.0493. The van der Waals surface area contributed by atoms with Crippen molar-refractivity contribution >= 4 is 49.0 Å². The van der Waals surface area contributed by atoms with Gasteiger partial charge in [0.1, 0.15) is 0 Å². The Morgan fingerprint density at radius 3 is 2.52 bits per heavy atom. The molecule has 0 unspecified atom stereocenters. The first-order valence-corrected chi connectivity index (χ1v) is 8.85. The first-order valence-electron chi connectivity index (χ1n) is 6.45. The van der Waals surface area contributed by atoms with Crippen molar-refractivity contribution in [3.05, 3.63) is 55.1 Å². The Labute approximate surface area is 144 Å². The van der Waals surface area contributed by atoms with Crippen molar-refractivity contribution in [2.24, 2.45) is 0 Å². The number of nitrogens with zero attached hydrogens (tertiary/aromatic N) is 1. The molecular formula is C15H15Br2NO2S. The molecule has 0 saturated heterocycles. The molecule has 0 amide bonds. The first kappa shape index (κ1) is 16.8. The monoisotopic (exact) mass is 431 g/mol. The minimum absolute atomic E-state index is 0.0363. The van der Waals surface area contributed by atoms with E-state index in [0.717, 1.165) is 13.1 Å². The van der Waals surface area contributed by atoms with Gasteiger partial charge in [-0.1, -0.05) is 30.3 Å². The van der Waals surface area contributed by atoms with E-state index in [4.69, 9.17) is 0 Å². The van der Waals surface area contributed by atoms with Crippen LogP contribution in [0.4, 0.5) is 0 Å². The van der Waals surface area contributed by atoms with Gasteiger partial charge in [-0.05, 0) is 43.5 Å². The molecule has 1 aromatic carbocycles. The summed E-state index contributed by atoms with van der Waals surface area (Å²) in [6.45, 7) is 1.45. The molecule has 6 heteroatoms. The number of ketones is 1. The Morgan fingerprint density at radius 2 is 1.95 bits per heavy atom. The second-order valence-electron chi connectivity index (χ2n) is 4.58. The third kappa shape index (κ3) is 5.00. The van der Waals surface area contributed by atoms with Gasteiger partial charge in [-0.3, -0.25) is 9.69 Å². The zero-order valence-corrected chi connectivity index (χ0v) is 15.2. The molecule has 112 valence electrons. The molecule has 0 saturated carbocycles. The first-order chi connectivity index (χ1) is 10.1. The van der Waals surface area contributed by atoms with Crippen LogP contribution in [-0.2, 0) is 6.54 Å². The Balaban J connectivity index is 2.05. The summed E-state index contributed by atoms with van der Waals surface area (Å²) in [6, 6.07) is 11.8. The van der Waals surface area contributed by atoms with E-state index in [1.807, 2.05) is 41.3 Å². The Morgan fingerprint density at radius 1 is 1.24 bits per heavy atom. The molecule has 0 bridgehead atoms. The molecule has 1 aromatic heterocycles. The normalized spacial score (nSPS) is 11.0. The van der Waals surface area contributed by atoms with Gasteiger partial charge >= 0.3 is 0 Å². The van der Waals surface area contributed by atoms with Crippen LogP contribution in [0.15, 0.2) is 44.0 Å². The van der Waals surface area contributed by atoms with Crippen LogP contribution in [0.3, 0.4) is 0 Å². The fourth-order valence-corrected chi connectivity index (χ4v) is 4.87. The van der Waals surface area contributed by atoms with E-state index >= 15 is 0 Å². The summed E-state index contributed by atoms with van der Waals surface area (Å²) in [7, 11) is 0. The van der Waals surface area contributed by atoms with E-state index in [-0.39, 0.29) is 18.9 Å². The van der Waals surface area contributed by atoms with Crippen LogP contribution in [0.2, 0.25) is 0 Å². The number of thiophene rings is 1. The van der Waals surface area contributed by atoms with Gasteiger partial charge in [0.05, 0.1) is 20.7 Å². The predicted octanol–water partition coefficient (Wildman–Crippen LogP) is 3.95. The molecule has 2 aromatic rings. The highest BCUT2D eigenvalue weighted by Crippen LogP contribution is 2.32. The average Bonchev–Trinajstić information content (AvgIpc) is 2.79. The highest BCUT2D eigenvalue weighted by molar-refractivity contribution is 9.12. The van der Waals surface area contributed by atoms with Crippen LogP contribution in [-0.4, -0.2) is 35.5 Å². The molecule has 0 aliphatic rings. The number of hydrogen-bond donors (Lipinski definition) is 1. The summed E-state index contributed by atoms with van der Waals surface area (Å²) in [6.07, 6.45) is 0. The summed E-state index contributed by atoms with van der Waals surface area (Å²) in [5, 5.41) is 9.19. The topological polar surface area (TPSA) is 40.5 Å². The molecule has 1 N–H and O–H groups in total. The van der Waals surface area contributed by atoms with Gasteiger partial charge in [0, 0.05) is 18.7 Å². The fourth-order valence-electron chi connectivity index (χ4n) is 2.02. The van der Waals surface area contributed by atoms with Crippen molar-refractivity contribution in [1.82, 2.24) is 4.90 Å². The van der Waals surface area contributed by atoms with Gasteiger partial charge in [-0.15, -0.1) is 11.3 Å². The smallest absolute Gasteiger partial charge is 0.178 e. The largest absolute Gasteiger partial charge is 0.395 e. The molecule has 2 rings (SSSR count). The number of carbonyl (C=O) groups excluding carboxylic acids is 1. The molecule has 0 atom stereocenters. The zero-order chi connectivity index (χ0) is 15.2. The number of aliphatic hydroxyl groups is 1. The van der Waals surface area contributed by atoms with Gasteiger partial charge in [0.25, 0.3) is 0 Å². The van der Waals surface area contributed by atoms with Crippen LogP contribution in [0.1, 0.15) is 15.9 Å². The minimum atomic E-state index is 0.0363. The molecule has 0 spiro atoms. The molecule has 0 radical (unpaired) electrons. The molecule has 0 aliphatic carbocycles. The van der Waals surface area contributed by atoms with Crippen LogP contribution < -0.4 is 0 Å². The lowest BCUT2D eigenvalue weighted by Gasteiger charge is -2.20. The van der Waals surface area contributed by atoms with Crippen molar-refractivity contribution in [2.75, 3.05) is 19.7 Å². The summed E-state index contributed by atoms with van der Waals surface area (Å²) < 4.78 is 1.76. The number of benzene rings is 1. The van der Waals surface area contributed by atoms with E-state index < -0.39 is 0 Å². The van der Waals surface area contributed by atoms with Gasteiger partial charge in [-0.2, -0.15) is 0 Å². The van der Waals surface area contributed by atoms with Crippen molar-refractivity contribution in [2.45, 2.75) is 6.54 Å². The Bertz CT molecular complexity index is 601. The summed E-state index contributed by atoms with van der Waals surface area (Å²) >= 11 is 8.28. The maximum Gasteiger partial charge on any atom is 0.178 e. The minimum Gasteiger partial charge on any atom is -0.395 e. The second-order valence-corrected chi connectivity index (χ2v) is 8.33. The van der Waals surface area contributed by atoms with Gasteiger partial charge in [-0.25, -0.2) is 0 Å². The van der Waals surface area contributed by atoms with Crippen molar-refractivity contribution in [3.63, 3.8) is 0 Å². The van der Waals surface area contributed by atoms with Crippen molar-refractivity contribution in [3.8, 4) is 0 Å². The molecule has 1 heterocycles. The van der Waals surface area contributed by atoms with Gasteiger partial charge in [0.2, 0.25) is 0 Å². The SMILES string of the molecule is O=C(CN(CCO)Cc1ccccc1)c1cc(Br)sc1Br. The summed E-state index contributed by atoms with van der Waals surface area (Å²) in [5.41, 5.74) is 1.81. The van der Waals surface area contributed by atoms with E-state index in [0.29, 0.717) is 18.7 Å². The quantitative estimate of drug-likeness (QED) is 0.673. The maximum absolute atomic E-state index is 12.4. The van der Waals surface area contributed by atoms with Crippen LogP contribution in [0.5, 0.6) is 0 Å². The number of rotatable bonds is 7. The van der Waals surface area contributed by atoms with Crippen LogP contribution in [0, 0.1) is 0 Å². The Kier molecular flexibility index (Phi) is 6.57. The highest BCUT2D eigenvalue weighted by atomic mass is 79.9. The number of Topliss-reactive ketones (excluding diaryl/α,β-unsaturated/α-hetero) is 1. The lowest BCUT2D eigenvalue weighted by Crippen LogP contribution is -2.32. The van der Waals surface area contributed by atoms with Crippen molar-refractivity contribution < 1.29 is 9.90 Å². The standard InChI is InChI=1S/C15H15Br2NO2S/c16-14-8-12(15(17)21-14)13(20)10-18(6-7-19)9-11-4-2-1-3-5-11/h1-5,8,19H,6-7,9-10H2. The van der Waals surface area contributed by atoms with Crippen molar-refractivity contribution in [1.29, 1.82) is 0 Å². The molecular weight excluding hydrogens is 418 g/mol. The Hall–Kier alpha value is -0.530. The lowest BCUT2D eigenvalue weighted by molar-refractivity contribution is 0.0908. The molecule has 21 heavy (non-hydrogen) atoms. The highest BCUT2D eigenvalue weighted by Gasteiger charge is 2.17.